The fourth-order valence-corrected chi connectivity index (χ4v) is 1.46. The van der Waals surface area contributed by atoms with Crippen LogP contribution < -0.4 is 0 Å². The molecule has 0 aliphatic carbocycles. The van der Waals surface area contributed by atoms with Crippen molar-refractivity contribution in [1.29, 1.82) is 5.41 Å². The van der Waals surface area contributed by atoms with E-state index in [1.54, 1.807) is 0 Å². The van der Waals surface area contributed by atoms with Gasteiger partial charge in [0.2, 0.25) is 0 Å². The second kappa shape index (κ2) is 6.86. The highest BCUT2D eigenvalue weighted by Crippen LogP contribution is 2.11. The fraction of sp³-hybridized carbons (Fsp3) is 0.917. The summed E-state index contributed by atoms with van der Waals surface area (Å²) in [4.78, 5) is 2.26. The van der Waals surface area contributed by atoms with Gasteiger partial charge in [-0.15, -0.1) is 0 Å². The summed E-state index contributed by atoms with van der Waals surface area (Å²) in [6.07, 6.45) is 3.52. The van der Waals surface area contributed by atoms with Crippen molar-refractivity contribution in [1.82, 2.24) is 4.90 Å². The van der Waals surface area contributed by atoms with Crippen molar-refractivity contribution in [2.24, 2.45) is 5.92 Å². The molecule has 0 saturated heterocycles. The molecule has 0 rings (SSSR count). The molecule has 0 saturated carbocycles. The summed E-state index contributed by atoms with van der Waals surface area (Å²) in [5.41, 5.74) is 0. The van der Waals surface area contributed by atoms with Crippen LogP contribution in [0.5, 0.6) is 0 Å². The monoisotopic (exact) mass is 198 g/mol. The lowest BCUT2D eigenvalue weighted by molar-refractivity contribution is 0.302. The van der Waals surface area contributed by atoms with Gasteiger partial charge in [-0.2, -0.15) is 0 Å². The Bertz CT molecular complexity index is 164. The van der Waals surface area contributed by atoms with Crippen molar-refractivity contribution in [2.75, 3.05) is 6.54 Å². The van der Waals surface area contributed by atoms with E-state index in [1.165, 1.54) is 12.8 Å². The first-order valence-electron chi connectivity index (χ1n) is 5.89. The molecule has 0 fully saturated rings. The SMILES string of the molecule is CCCCN(C(=N)C(C)C)C(C)CC. The third-order valence-corrected chi connectivity index (χ3v) is 2.73. The van der Waals surface area contributed by atoms with Crippen LogP contribution in [0, 0.1) is 11.3 Å². The van der Waals surface area contributed by atoms with E-state index in [-0.39, 0.29) is 0 Å². The van der Waals surface area contributed by atoms with Gasteiger partial charge in [-0.3, -0.25) is 5.41 Å². The lowest BCUT2D eigenvalue weighted by Crippen LogP contribution is -2.40. The normalized spacial score (nSPS) is 13.0. The predicted molar refractivity (Wildman–Crippen MR) is 63.9 cm³/mol. The number of hydrogen-bond donors (Lipinski definition) is 1. The molecule has 0 aliphatic rings. The van der Waals surface area contributed by atoms with Crippen LogP contribution in [-0.2, 0) is 0 Å². The smallest absolute Gasteiger partial charge is 0.0986 e. The Morgan fingerprint density at radius 2 is 1.79 bits per heavy atom. The maximum atomic E-state index is 8.04. The van der Waals surface area contributed by atoms with Gasteiger partial charge in [0, 0.05) is 18.5 Å². The predicted octanol–water partition coefficient (Wildman–Crippen LogP) is 3.52. The van der Waals surface area contributed by atoms with Crippen molar-refractivity contribution >= 4 is 5.84 Å². The zero-order valence-electron chi connectivity index (χ0n) is 10.4. The number of hydrogen-bond acceptors (Lipinski definition) is 1. The van der Waals surface area contributed by atoms with Crippen LogP contribution in [-0.4, -0.2) is 23.3 Å². The molecule has 1 unspecified atom stereocenters. The van der Waals surface area contributed by atoms with E-state index >= 15 is 0 Å². The van der Waals surface area contributed by atoms with E-state index in [2.05, 4.69) is 39.5 Å². The van der Waals surface area contributed by atoms with Crippen molar-refractivity contribution in [3.8, 4) is 0 Å². The molecule has 1 N–H and O–H groups in total. The van der Waals surface area contributed by atoms with E-state index in [4.69, 9.17) is 5.41 Å². The molecule has 0 bridgehead atoms. The summed E-state index contributed by atoms with van der Waals surface area (Å²) in [6, 6.07) is 0.511. The fourth-order valence-electron chi connectivity index (χ4n) is 1.46. The third kappa shape index (κ3) is 4.12. The van der Waals surface area contributed by atoms with Gasteiger partial charge < -0.3 is 4.90 Å². The molecule has 0 aromatic rings. The molecule has 0 spiro atoms. The number of amidine groups is 1. The molecule has 0 radical (unpaired) electrons. The minimum atomic E-state index is 0.348. The minimum absolute atomic E-state index is 0.348. The molecule has 14 heavy (non-hydrogen) atoms. The van der Waals surface area contributed by atoms with Crippen LogP contribution in [0.3, 0.4) is 0 Å². The number of rotatable bonds is 6. The van der Waals surface area contributed by atoms with Crippen LogP contribution in [0.25, 0.3) is 0 Å². The first kappa shape index (κ1) is 13.5. The third-order valence-electron chi connectivity index (χ3n) is 2.73. The van der Waals surface area contributed by atoms with E-state index in [0.29, 0.717) is 12.0 Å². The number of unbranched alkanes of at least 4 members (excludes halogenated alkanes) is 1. The topological polar surface area (TPSA) is 27.1 Å². The van der Waals surface area contributed by atoms with Crippen LogP contribution >= 0.6 is 0 Å². The van der Waals surface area contributed by atoms with Gasteiger partial charge in [0.25, 0.3) is 0 Å². The first-order chi connectivity index (χ1) is 6.54. The Kier molecular flexibility index (Phi) is 6.60. The van der Waals surface area contributed by atoms with Crippen molar-refractivity contribution in [3.63, 3.8) is 0 Å². The lowest BCUT2D eigenvalue weighted by atomic mass is 10.1. The highest BCUT2D eigenvalue weighted by molar-refractivity contribution is 5.81. The molecule has 1 atom stereocenters. The zero-order valence-corrected chi connectivity index (χ0v) is 10.4. The standard InChI is InChI=1S/C12H26N2/c1-6-8-9-14(11(5)7-2)12(13)10(3)4/h10-11,13H,6-9H2,1-5H3. The molecule has 0 aromatic heterocycles. The Balaban J connectivity index is 4.30. The second-order valence-electron chi connectivity index (χ2n) is 4.34. The van der Waals surface area contributed by atoms with Gasteiger partial charge in [0.1, 0.15) is 0 Å². The van der Waals surface area contributed by atoms with Gasteiger partial charge >= 0.3 is 0 Å². The van der Waals surface area contributed by atoms with Crippen LogP contribution in [0.2, 0.25) is 0 Å². The molecule has 0 heterocycles. The zero-order chi connectivity index (χ0) is 11.1. The second-order valence-corrected chi connectivity index (χ2v) is 4.34. The van der Waals surface area contributed by atoms with Gasteiger partial charge in [0.05, 0.1) is 5.84 Å². The summed E-state index contributed by atoms with van der Waals surface area (Å²) >= 11 is 0. The average molecular weight is 198 g/mol. The summed E-state index contributed by atoms with van der Waals surface area (Å²) < 4.78 is 0. The highest BCUT2D eigenvalue weighted by Gasteiger charge is 2.17. The molecule has 0 amide bonds. The summed E-state index contributed by atoms with van der Waals surface area (Å²) in [7, 11) is 0. The van der Waals surface area contributed by atoms with Crippen LogP contribution in [0.15, 0.2) is 0 Å². The van der Waals surface area contributed by atoms with Gasteiger partial charge in [0.15, 0.2) is 0 Å². The van der Waals surface area contributed by atoms with E-state index in [0.717, 1.165) is 18.8 Å². The first-order valence-corrected chi connectivity index (χ1v) is 5.89. The van der Waals surface area contributed by atoms with E-state index < -0.39 is 0 Å². The molecular weight excluding hydrogens is 172 g/mol. The van der Waals surface area contributed by atoms with Gasteiger partial charge in [-0.05, 0) is 19.8 Å². The van der Waals surface area contributed by atoms with E-state index in [1.807, 2.05) is 0 Å². The van der Waals surface area contributed by atoms with Crippen LogP contribution in [0.4, 0.5) is 0 Å². The minimum Gasteiger partial charge on any atom is -0.358 e. The van der Waals surface area contributed by atoms with Gasteiger partial charge in [-0.1, -0.05) is 34.1 Å². The Morgan fingerprint density at radius 3 is 2.14 bits per heavy atom. The lowest BCUT2D eigenvalue weighted by Gasteiger charge is -2.32. The summed E-state index contributed by atoms with van der Waals surface area (Å²) in [5, 5.41) is 8.04. The highest BCUT2D eigenvalue weighted by atomic mass is 15.2. The molecular formula is C12H26N2. The Morgan fingerprint density at radius 1 is 1.21 bits per heavy atom. The van der Waals surface area contributed by atoms with Crippen LogP contribution in [0.1, 0.15) is 53.9 Å². The van der Waals surface area contributed by atoms with Crippen molar-refractivity contribution in [2.45, 2.75) is 59.9 Å². The molecule has 0 aliphatic heterocycles. The quantitative estimate of drug-likeness (QED) is 0.513. The number of nitrogens with zero attached hydrogens (tertiary/aromatic N) is 1. The molecule has 2 nitrogen and oxygen atoms in total. The largest absolute Gasteiger partial charge is 0.358 e. The molecule has 84 valence electrons. The Labute approximate surface area is 89.2 Å². The number of nitrogens with one attached hydrogen (secondary N) is 1. The average Bonchev–Trinajstić information content (AvgIpc) is 2.17. The maximum absolute atomic E-state index is 8.04. The maximum Gasteiger partial charge on any atom is 0.0986 e. The molecule has 2 heteroatoms. The summed E-state index contributed by atoms with van der Waals surface area (Å²) in [5.74, 6) is 1.15. The van der Waals surface area contributed by atoms with Crippen molar-refractivity contribution in [3.05, 3.63) is 0 Å². The van der Waals surface area contributed by atoms with E-state index in [9.17, 15) is 0 Å². The van der Waals surface area contributed by atoms with Crippen molar-refractivity contribution < 1.29 is 0 Å². The van der Waals surface area contributed by atoms with Gasteiger partial charge in [-0.25, -0.2) is 0 Å². The Hall–Kier alpha value is -0.530. The summed E-state index contributed by atoms with van der Waals surface area (Å²) in [6.45, 7) is 11.9. The molecule has 0 aromatic carbocycles.